The number of ether oxygens (including phenoxy) is 4. The van der Waals surface area contributed by atoms with Crippen LogP contribution in [0.1, 0.15) is 6.92 Å². The molecule has 2 aromatic rings. The Morgan fingerprint density at radius 3 is 2.10 bits per heavy atom. The van der Waals surface area contributed by atoms with Crippen LogP contribution < -0.4 is 24.3 Å². The third-order valence-electron chi connectivity index (χ3n) is 4.07. The van der Waals surface area contributed by atoms with Gasteiger partial charge >= 0.3 is 0 Å². The molecule has 0 radical (unpaired) electrons. The Morgan fingerprint density at radius 1 is 0.903 bits per heavy atom. The smallest absolute Gasteiger partial charge is 0.258 e. The summed E-state index contributed by atoms with van der Waals surface area (Å²) in [4.78, 5) is 24.8. The van der Waals surface area contributed by atoms with E-state index in [4.69, 9.17) is 42.1 Å². The second-order valence-electron chi connectivity index (χ2n) is 6.04. The van der Waals surface area contributed by atoms with Crippen molar-refractivity contribution in [3.8, 4) is 23.0 Å². The van der Waals surface area contributed by atoms with E-state index in [2.05, 4.69) is 15.5 Å². The van der Waals surface area contributed by atoms with Gasteiger partial charge in [-0.1, -0.05) is 23.2 Å². The number of anilines is 1. The van der Waals surface area contributed by atoms with Crippen molar-refractivity contribution in [3.05, 3.63) is 34.3 Å². The Labute approximate surface area is 189 Å². The highest BCUT2D eigenvalue weighted by atomic mass is 35.5. The number of nitrogens with zero attached hydrogens (tertiary/aromatic N) is 2. The number of methoxy groups -OCH3 is 4. The molecule has 11 heteroatoms. The van der Waals surface area contributed by atoms with Gasteiger partial charge in [0.15, 0.2) is 28.8 Å². The van der Waals surface area contributed by atoms with Crippen LogP contribution in [0.5, 0.6) is 23.0 Å². The fourth-order valence-electron chi connectivity index (χ4n) is 2.63. The first-order valence-corrected chi connectivity index (χ1v) is 9.57. The summed E-state index contributed by atoms with van der Waals surface area (Å²) >= 11 is 12.2. The van der Waals surface area contributed by atoms with Gasteiger partial charge in [0, 0.05) is 11.8 Å². The van der Waals surface area contributed by atoms with Crippen LogP contribution in [0, 0.1) is 0 Å². The van der Waals surface area contributed by atoms with Gasteiger partial charge in [0.2, 0.25) is 6.04 Å². The van der Waals surface area contributed by atoms with E-state index >= 15 is 0 Å². The van der Waals surface area contributed by atoms with E-state index in [1.54, 1.807) is 0 Å². The monoisotopic (exact) mass is 469 g/mol. The molecule has 0 bridgehead atoms. The molecule has 1 unspecified atom stereocenters. The number of halogens is 2. The molecule has 1 amide bonds. The zero-order valence-corrected chi connectivity index (χ0v) is 19.0. The van der Waals surface area contributed by atoms with Gasteiger partial charge in [-0.25, -0.2) is 0 Å². The number of rotatable bonds is 9. The number of nitrogens with one attached hydrogen (secondary N) is 1. The minimum Gasteiger partial charge on any atom is -0.493 e. The van der Waals surface area contributed by atoms with E-state index < -0.39 is 17.7 Å². The zero-order valence-electron chi connectivity index (χ0n) is 17.5. The summed E-state index contributed by atoms with van der Waals surface area (Å²) in [5, 5.41) is 11.0. The number of hydrogen-bond acceptors (Lipinski definition) is 8. The molecule has 0 saturated carbocycles. The van der Waals surface area contributed by atoms with Crippen LogP contribution in [0.15, 0.2) is 34.5 Å². The van der Waals surface area contributed by atoms with Crippen molar-refractivity contribution in [3.63, 3.8) is 0 Å². The SMILES string of the molecule is COc1cc(NC(=O)C(N=Nc2ccc(Cl)c(OC)c2OC)C(C)=O)cc(Cl)c1OC. The minimum absolute atomic E-state index is 0.216. The van der Waals surface area contributed by atoms with Crippen molar-refractivity contribution < 1.29 is 28.5 Å². The standard InChI is InChI=1S/C20H21Cl2N3O6/c1-10(26)16(25-24-14-7-6-12(21)18(30-4)19(14)31-5)20(27)23-11-8-13(22)17(29-3)15(9-11)28-2/h6-9,16H,1-5H3,(H,23,27). The topological polar surface area (TPSA) is 108 Å². The lowest BCUT2D eigenvalue weighted by Gasteiger charge is -2.14. The molecular formula is C20H21Cl2N3O6. The van der Waals surface area contributed by atoms with Gasteiger partial charge in [-0.05, 0) is 25.1 Å². The van der Waals surface area contributed by atoms with Crippen LogP contribution in [0.4, 0.5) is 11.4 Å². The maximum absolute atomic E-state index is 12.7. The lowest BCUT2D eigenvalue weighted by molar-refractivity contribution is -0.126. The minimum atomic E-state index is -1.42. The highest BCUT2D eigenvalue weighted by Crippen LogP contribution is 2.42. The normalized spacial score (nSPS) is 11.7. The summed E-state index contributed by atoms with van der Waals surface area (Å²) in [6.07, 6.45) is 0. The predicted octanol–water partition coefficient (Wildman–Crippen LogP) is 4.71. The average molecular weight is 470 g/mol. The van der Waals surface area contributed by atoms with Crippen molar-refractivity contribution in [2.24, 2.45) is 10.2 Å². The van der Waals surface area contributed by atoms with Crippen molar-refractivity contribution in [1.29, 1.82) is 0 Å². The average Bonchev–Trinajstić information content (AvgIpc) is 2.73. The van der Waals surface area contributed by atoms with Gasteiger partial charge < -0.3 is 24.3 Å². The van der Waals surface area contributed by atoms with Crippen LogP contribution in [-0.2, 0) is 9.59 Å². The molecule has 31 heavy (non-hydrogen) atoms. The first-order valence-electron chi connectivity index (χ1n) is 8.81. The fraction of sp³-hybridized carbons (Fsp3) is 0.300. The van der Waals surface area contributed by atoms with Crippen LogP contribution in [-0.4, -0.2) is 46.2 Å². The number of amides is 1. The molecule has 0 spiro atoms. The lowest BCUT2D eigenvalue weighted by Crippen LogP contribution is -2.31. The summed E-state index contributed by atoms with van der Waals surface area (Å²) in [6.45, 7) is 1.23. The third-order valence-corrected chi connectivity index (χ3v) is 4.65. The maximum atomic E-state index is 12.7. The van der Waals surface area contributed by atoms with Crippen LogP contribution in [0.2, 0.25) is 10.0 Å². The number of hydrogen-bond donors (Lipinski definition) is 1. The number of Topliss-reactive ketones (excluding diaryl/α,β-unsaturated/α-hetero) is 1. The molecule has 166 valence electrons. The van der Waals surface area contributed by atoms with Crippen molar-refractivity contribution in [1.82, 2.24) is 0 Å². The molecule has 0 aromatic heterocycles. The number of ketones is 1. The number of benzene rings is 2. The molecule has 0 aliphatic carbocycles. The zero-order chi connectivity index (χ0) is 23.1. The van der Waals surface area contributed by atoms with Crippen molar-refractivity contribution >= 4 is 46.3 Å². The first kappa shape index (κ1) is 24.2. The quantitative estimate of drug-likeness (QED) is 0.420. The molecule has 2 aromatic carbocycles. The van der Waals surface area contributed by atoms with E-state index in [1.807, 2.05) is 0 Å². The Morgan fingerprint density at radius 2 is 1.55 bits per heavy atom. The Bertz CT molecular complexity index is 1010. The van der Waals surface area contributed by atoms with Gasteiger partial charge in [-0.2, -0.15) is 10.2 Å². The number of carbonyl (C=O) groups is 2. The van der Waals surface area contributed by atoms with Crippen LogP contribution >= 0.6 is 23.2 Å². The summed E-state index contributed by atoms with van der Waals surface area (Å²) in [5.74, 6) is -0.136. The second-order valence-corrected chi connectivity index (χ2v) is 6.86. The fourth-order valence-corrected chi connectivity index (χ4v) is 3.15. The lowest BCUT2D eigenvalue weighted by atomic mass is 10.2. The summed E-state index contributed by atoms with van der Waals surface area (Å²) < 4.78 is 20.8. The molecule has 1 atom stereocenters. The predicted molar refractivity (Wildman–Crippen MR) is 117 cm³/mol. The molecule has 1 N–H and O–H groups in total. The highest BCUT2D eigenvalue weighted by molar-refractivity contribution is 6.33. The Kier molecular flexibility index (Phi) is 8.47. The van der Waals surface area contributed by atoms with Crippen LogP contribution in [0.3, 0.4) is 0 Å². The van der Waals surface area contributed by atoms with Crippen molar-refractivity contribution in [2.45, 2.75) is 13.0 Å². The summed E-state index contributed by atoms with van der Waals surface area (Å²) in [5.41, 5.74) is 0.525. The molecule has 0 saturated heterocycles. The van der Waals surface area contributed by atoms with Gasteiger partial charge in [0.05, 0.1) is 38.5 Å². The van der Waals surface area contributed by atoms with Gasteiger partial charge in [0.1, 0.15) is 5.69 Å². The Hall–Kier alpha value is -3.04. The van der Waals surface area contributed by atoms with E-state index in [1.165, 1.54) is 59.6 Å². The molecule has 0 aliphatic rings. The second kappa shape index (κ2) is 10.8. The maximum Gasteiger partial charge on any atom is 0.258 e. The van der Waals surface area contributed by atoms with E-state index in [9.17, 15) is 9.59 Å². The van der Waals surface area contributed by atoms with Gasteiger partial charge in [-0.15, -0.1) is 0 Å². The number of carbonyl (C=O) groups excluding carboxylic acids is 2. The largest absolute Gasteiger partial charge is 0.493 e. The third kappa shape index (κ3) is 5.56. The van der Waals surface area contributed by atoms with E-state index in [-0.39, 0.29) is 22.2 Å². The first-order chi connectivity index (χ1) is 14.8. The molecule has 2 rings (SSSR count). The molecule has 0 aliphatic heterocycles. The molecule has 9 nitrogen and oxygen atoms in total. The number of azo groups is 1. The summed E-state index contributed by atoms with van der Waals surface area (Å²) in [7, 11) is 5.70. The van der Waals surface area contributed by atoms with Crippen LogP contribution in [0.25, 0.3) is 0 Å². The molecular weight excluding hydrogens is 449 g/mol. The van der Waals surface area contributed by atoms with Gasteiger partial charge in [-0.3, -0.25) is 9.59 Å². The molecule has 0 fully saturated rings. The summed E-state index contributed by atoms with van der Waals surface area (Å²) in [6, 6.07) is 4.60. The Balaban J connectivity index is 2.33. The van der Waals surface area contributed by atoms with E-state index in [0.717, 1.165) is 0 Å². The highest BCUT2D eigenvalue weighted by Gasteiger charge is 2.25. The van der Waals surface area contributed by atoms with Crippen molar-refractivity contribution in [2.75, 3.05) is 33.8 Å². The van der Waals surface area contributed by atoms with E-state index in [0.29, 0.717) is 22.2 Å². The molecule has 0 heterocycles. The van der Waals surface area contributed by atoms with Gasteiger partial charge in [0.25, 0.3) is 5.91 Å².